The van der Waals surface area contributed by atoms with Crippen molar-refractivity contribution in [3.05, 3.63) is 15.0 Å². The van der Waals surface area contributed by atoms with Crippen LogP contribution in [-0.2, 0) is 0 Å². The Balaban J connectivity index is 0.000001000. The van der Waals surface area contributed by atoms with E-state index in [1.807, 2.05) is 6.20 Å². The number of thiazole rings is 1. The summed E-state index contributed by atoms with van der Waals surface area (Å²) in [6.07, 6.45) is 2.79. The van der Waals surface area contributed by atoms with Gasteiger partial charge in [0.25, 0.3) is 0 Å². The first-order valence-corrected chi connectivity index (χ1v) is 4.71. The normalized spacial score (nSPS) is 12.3. The molecule has 0 aliphatic rings. The minimum absolute atomic E-state index is 0. The average molecular weight is 258 g/mol. The molecule has 0 saturated carbocycles. The van der Waals surface area contributed by atoms with Gasteiger partial charge in [-0.1, -0.05) is 6.92 Å². The van der Waals surface area contributed by atoms with Gasteiger partial charge in [0.15, 0.2) is 3.92 Å². The van der Waals surface area contributed by atoms with Crippen LogP contribution in [0.5, 0.6) is 0 Å². The molecule has 64 valence electrons. The molecule has 1 heterocycles. The molecule has 2 nitrogen and oxygen atoms in total. The van der Waals surface area contributed by atoms with Crippen molar-refractivity contribution in [3.63, 3.8) is 0 Å². The Kier molecular flexibility index (Phi) is 5.25. The highest BCUT2D eigenvalue weighted by atomic mass is 79.9. The van der Waals surface area contributed by atoms with Crippen LogP contribution in [0.4, 0.5) is 0 Å². The Labute approximate surface area is 84.7 Å². The molecule has 1 rings (SSSR count). The fraction of sp³-hybridized carbons (Fsp3) is 0.500. The fourth-order valence-corrected chi connectivity index (χ4v) is 2.02. The summed E-state index contributed by atoms with van der Waals surface area (Å²) < 4.78 is 0.909. The van der Waals surface area contributed by atoms with Crippen LogP contribution >= 0.6 is 39.7 Å². The summed E-state index contributed by atoms with van der Waals surface area (Å²) in [5, 5.41) is 0. The van der Waals surface area contributed by atoms with Crippen LogP contribution in [0.2, 0.25) is 0 Å². The van der Waals surface area contributed by atoms with Crippen LogP contribution < -0.4 is 5.73 Å². The molecule has 0 amide bonds. The molecule has 1 aromatic rings. The number of rotatable bonds is 2. The minimum Gasteiger partial charge on any atom is -0.323 e. The molecule has 1 aromatic heterocycles. The number of hydrogen-bond acceptors (Lipinski definition) is 3. The lowest BCUT2D eigenvalue weighted by Crippen LogP contribution is -2.05. The predicted octanol–water partition coefficient (Wildman–Crippen LogP) is 2.74. The van der Waals surface area contributed by atoms with Gasteiger partial charge in [0, 0.05) is 17.1 Å². The molecule has 1 unspecified atom stereocenters. The van der Waals surface area contributed by atoms with E-state index in [9.17, 15) is 0 Å². The molecule has 0 aliphatic carbocycles. The van der Waals surface area contributed by atoms with Gasteiger partial charge in [0.1, 0.15) is 0 Å². The van der Waals surface area contributed by atoms with Crippen molar-refractivity contribution >= 4 is 39.7 Å². The summed E-state index contributed by atoms with van der Waals surface area (Å²) in [7, 11) is 0. The third-order valence-corrected chi connectivity index (χ3v) is 2.91. The van der Waals surface area contributed by atoms with Gasteiger partial charge in [-0.25, -0.2) is 4.98 Å². The maximum Gasteiger partial charge on any atom is 0.159 e. The highest BCUT2D eigenvalue weighted by molar-refractivity contribution is 9.11. The first-order chi connectivity index (χ1) is 4.74. The summed E-state index contributed by atoms with van der Waals surface area (Å²) in [6, 6.07) is 0.156. The van der Waals surface area contributed by atoms with Crippen LogP contribution in [-0.4, -0.2) is 4.98 Å². The number of hydrogen-bond donors (Lipinski definition) is 1. The van der Waals surface area contributed by atoms with Gasteiger partial charge in [-0.2, -0.15) is 0 Å². The molecule has 0 saturated heterocycles. The van der Waals surface area contributed by atoms with Gasteiger partial charge in [-0.05, 0) is 22.4 Å². The molecular formula is C6H10BrClN2S. The Morgan fingerprint density at radius 1 is 1.82 bits per heavy atom. The van der Waals surface area contributed by atoms with Crippen molar-refractivity contribution < 1.29 is 0 Å². The third kappa shape index (κ3) is 3.07. The van der Waals surface area contributed by atoms with Gasteiger partial charge in [-0.3, -0.25) is 0 Å². The van der Waals surface area contributed by atoms with Crippen molar-refractivity contribution in [1.29, 1.82) is 0 Å². The maximum atomic E-state index is 5.76. The second-order valence-corrected chi connectivity index (χ2v) is 4.37. The third-order valence-electron chi connectivity index (χ3n) is 1.30. The van der Waals surface area contributed by atoms with Crippen LogP contribution in [0.15, 0.2) is 10.1 Å². The van der Waals surface area contributed by atoms with Gasteiger partial charge < -0.3 is 5.73 Å². The highest BCUT2D eigenvalue weighted by Crippen LogP contribution is 2.24. The molecule has 0 bridgehead atoms. The molecule has 0 aromatic carbocycles. The Morgan fingerprint density at radius 3 is 2.82 bits per heavy atom. The number of halogens is 2. The first kappa shape index (κ1) is 11.4. The summed E-state index contributed by atoms with van der Waals surface area (Å²) in [4.78, 5) is 5.19. The molecule has 0 radical (unpaired) electrons. The van der Waals surface area contributed by atoms with Crippen LogP contribution in [0.25, 0.3) is 0 Å². The van der Waals surface area contributed by atoms with Crippen LogP contribution in [0, 0.1) is 0 Å². The smallest absolute Gasteiger partial charge is 0.159 e. The van der Waals surface area contributed by atoms with Crippen molar-refractivity contribution in [2.24, 2.45) is 5.73 Å². The van der Waals surface area contributed by atoms with Gasteiger partial charge >= 0.3 is 0 Å². The molecule has 0 spiro atoms. The predicted molar refractivity (Wildman–Crippen MR) is 54.3 cm³/mol. The Morgan fingerprint density at radius 2 is 2.45 bits per heavy atom. The first-order valence-electron chi connectivity index (χ1n) is 3.11. The monoisotopic (exact) mass is 256 g/mol. The van der Waals surface area contributed by atoms with Crippen molar-refractivity contribution in [3.8, 4) is 0 Å². The zero-order valence-corrected chi connectivity index (χ0v) is 9.30. The summed E-state index contributed by atoms with van der Waals surface area (Å²) in [5.74, 6) is 0. The summed E-state index contributed by atoms with van der Waals surface area (Å²) in [5.41, 5.74) is 5.76. The van der Waals surface area contributed by atoms with Crippen LogP contribution in [0.3, 0.4) is 0 Å². The van der Waals surface area contributed by atoms with Gasteiger partial charge in [0.2, 0.25) is 0 Å². The zero-order valence-electron chi connectivity index (χ0n) is 6.08. The molecule has 11 heavy (non-hydrogen) atoms. The van der Waals surface area contributed by atoms with E-state index in [2.05, 4.69) is 27.8 Å². The molecular weight excluding hydrogens is 248 g/mol. The second kappa shape index (κ2) is 5.09. The van der Waals surface area contributed by atoms with E-state index >= 15 is 0 Å². The van der Waals surface area contributed by atoms with E-state index in [0.717, 1.165) is 15.2 Å². The lowest BCUT2D eigenvalue weighted by atomic mass is 10.2. The van der Waals surface area contributed by atoms with Crippen LogP contribution in [0.1, 0.15) is 24.3 Å². The van der Waals surface area contributed by atoms with E-state index in [1.54, 1.807) is 11.3 Å². The zero-order chi connectivity index (χ0) is 7.56. The topological polar surface area (TPSA) is 38.9 Å². The van der Waals surface area contributed by atoms with Crippen molar-refractivity contribution in [2.45, 2.75) is 19.4 Å². The minimum atomic E-state index is 0. The number of nitrogens with two attached hydrogens (primary N) is 1. The molecule has 0 aliphatic heterocycles. The quantitative estimate of drug-likeness (QED) is 0.885. The highest BCUT2D eigenvalue weighted by Gasteiger charge is 2.05. The summed E-state index contributed by atoms with van der Waals surface area (Å²) >= 11 is 4.88. The Bertz CT molecular complexity index is 216. The van der Waals surface area contributed by atoms with E-state index in [0.29, 0.717) is 0 Å². The van der Waals surface area contributed by atoms with E-state index < -0.39 is 0 Å². The largest absolute Gasteiger partial charge is 0.323 e. The number of nitrogens with zero attached hydrogens (tertiary/aromatic N) is 1. The maximum absolute atomic E-state index is 5.76. The van der Waals surface area contributed by atoms with Gasteiger partial charge in [-0.15, -0.1) is 23.7 Å². The van der Waals surface area contributed by atoms with E-state index in [4.69, 9.17) is 5.73 Å². The number of aromatic nitrogens is 1. The standard InChI is InChI=1S/C6H9BrN2S.ClH/c1-2-4(8)5-3-9-6(7)10-5;/h3-4H,2,8H2,1H3;1H. The average Bonchev–Trinajstić information content (AvgIpc) is 2.34. The lowest BCUT2D eigenvalue weighted by molar-refractivity contribution is 0.710. The van der Waals surface area contributed by atoms with E-state index in [-0.39, 0.29) is 18.4 Å². The molecule has 5 heteroatoms. The molecule has 1 atom stereocenters. The lowest BCUT2D eigenvalue weighted by Gasteiger charge is -2.01. The van der Waals surface area contributed by atoms with Gasteiger partial charge in [0.05, 0.1) is 0 Å². The van der Waals surface area contributed by atoms with Crippen molar-refractivity contribution in [1.82, 2.24) is 4.98 Å². The fourth-order valence-electron chi connectivity index (χ4n) is 0.637. The molecule has 0 fully saturated rings. The second-order valence-electron chi connectivity index (χ2n) is 2.03. The van der Waals surface area contributed by atoms with E-state index in [1.165, 1.54) is 0 Å². The Hall–Kier alpha value is 0.360. The van der Waals surface area contributed by atoms with Crippen molar-refractivity contribution in [2.75, 3.05) is 0 Å². The SMILES string of the molecule is CCC(N)c1cnc(Br)s1.Cl. The molecule has 2 N–H and O–H groups in total. The summed E-state index contributed by atoms with van der Waals surface area (Å²) in [6.45, 7) is 2.07.